The standard InChI is InChI=1S/C24H25Cl2N5O3/c1-33-17-12-15-16(13-18(17)34-2)28-23(29-21(15)27)31-10-8-30(9-11-31)22(32)20-19(24(20,25)26)14-6-4-3-5-7-14/h3-7,12-13,19-20H,8-11H2,1-2H3,(H2,27,28,29)/t19-,20+/m0/s1. The first kappa shape index (κ1) is 22.8. The summed E-state index contributed by atoms with van der Waals surface area (Å²) in [6.07, 6.45) is 0. The van der Waals surface area contributed by atoms with Crippen molar-refractivity contribution in [1.82, 2.24) is 14.9 Å². The molecule has 2 N–H and O–H groups in total. The quantitative estimate of drug-likeness (QED) is 0.534. The van der Waals surface area contributed by atoms with Crippen molar-refractivity contribution < 1.29 is 14.3 Å². The van der Waals surface area contributed by atoms with Gasteiger partial charge in [0.15, 0.2) is 11.5 Å². The number of hydrogen-bond acceptors (Lipinski definition) is 7. The molecule has 8 nitrogen and oxygen atoms in total. The van der Waals surface area contributed by atoms with Crippen LogP contribution in [0, 0.1) is 5.92 Å². The number of nitrogen functional groups attached to an aromatic ring is 1. The van der Waals surface area contributed by atoms with E-state index in [2.05, 4.69) is 9.97 Å². The summed E-state index contributed by atoms with van der Waals surface area (Å²) in [6.45, 7) is 2.19. The monoisotopic (exact) mass is 501 g/mol. The van der Waals surface area contributed by atoms with E-state index in [1.165, 1.54) is 0 Å². The highest BCUT2D eigenvalue weighted by Gasteiger charge is 2.68. The minimum atomic E-state index is -1.08. The van der Waals surface area contributed by atoms with Crippen LogP contribution < -0.4 is 20.1 Å². The smallest absolute Gasteiger partial charge is 0.229 e. The Hall–Kier alpha value is -2.97. The van der Waals surface area contributed by atoms with E-state index in [1.807, 2.05) is 40.1 Å². The summed E-state index contributed by atoms with van der Waals surface area (Å²) in [6, 6.07) is 13.3. The molecule has 5 rings (SSSR count). The van der Waals surface area contributed by atoms with Crippen LogP contribution in [0.4, 0.5) is 11.8 Å². The van der Waals surface area contributed by atoms with Gasteiger partial charge in [0.2, 0.25) is 11.9 Å². The van der Waals surface area contributed by atoms with Gasteiger partial charge in [-0.2, -0.15) is 4.98 Å². The van der Waals surface area contributed by atoms with Crippen molar-refractivity contribution in [1.29, 1.82) is 0 Å². The summed E-state index contributed by atoms with van der Waals surface area (Å²) < 4.78 is 9.66. The number of carbonyl (C=O) groups excluding carboxylic acids is 1. The first-order valence-electron chi connectivity index (χ1n) is 11.0. The number of piperazine rings is 1. The molecule has 1 aliphatic carbocycles. The molecule has 2 heterocycles. The predicted octanol–water partition coefficient (Wildman–Crippen LogP) is 3.47. The minimum Gasteiger partial charge on any atom is -0.493 e. The molecule has 1 aliphatic heterocycles. The van der Waals surface area contributed by atoms with Crippen LogP contribution >= 0.6 is 23.2 Å². The van der Waals surface area contributed by atoms with Crippen LogP contribution in [0.2, 0.25) is 0 Å². The molecule has 0 bridgehead atoms. The Morgan fingerprint density at radius 3 is 2.32 bits per heavy atom. The molecule has 178 valence electrons. The van der Waals surface area contributed by atoms with Crippen molar-refractivity contribution in [2.75, 3.05) is 51.0 Å². The molecule has 1 saturated carbocycles. The summed E-state index contributed by atoms with van der Waals surface area (Å²) in [5, 5.41) is 0.691. The highest BCUT2D eigenvalue weighted by Crippen LogP contribution is 2.65. The SMILES string of the molecule is COc1cc2nc(N3CCN(C(=O)[C@H]4[C@H](c5ccccc5)C4(Cl)Cl)CC3)nc(N)c2cc1OC. The molecule has 1 aromatic heterocycles. The topological polar surface area (TPSA) is 93.8 Å². The van der Waals surface area contributed by atoms with Crippen LogP contribution in [-0.2, 0) is 4.79 Å². The maximum atomic E-state index is 13.2. The maximum absolute atomic E-state index is 13.2. The Kier molecular flexibility index (Phi) is 5.81. The number of nitrogens with zero attached hydrogens (tertiary/aromatic N) is 4. The number of anilines is 2. The third-order valence-corrected chi connectivity index (χ3v) is 7.51. The number of halogens is 2. The molecule has 34 heavy (non-hydrogen) atoms. The fourth-order valence-electron chi connectivity index (χ4n) is 4.64. The van der Waals surface area contributed by atoms with E-state index < -0.39 is 10.3 Å². The molecular formula is C24H25Cl2N5O3. The summed E-state index contributed by atoms with van der Waals surface area (Å²) in [7, 11) is 3.14. The molecule has 0 unspecified atom stereocenters. The number of fused-ring (bicyclic) bond motifs is 1. The summed E-state index contributed by atoms with van der Waals surface area (Å²) in [4.78, 5) is 26.3. The molecule has 2 aromatic carbocycles. The summed E-state index contributed by atoms with van der Waals surface area (Å²) in [5.41, 5.74) is 7.88. The number of amides is 1. The lowest BCUT2D eigenvalue weighted by Crippen LogP contribution is -2.50. The van der Waals surface area contributed by atoms with Crippen molar-refractivity contribution in [2.45, 2.75) is 10.3 Å². The largest absolute Gasteiger partial charge is 0.493 e. The second-order valence-corrected chi connectivity index (χ2v) is 9.93. The van der Waals surface area contributed by atoms with Gasteiger partial charge in [-0.3, -0.25) is 4.79 Å². The van der Waals surface area contributed by atoms with Gasteiger partial charge in [0.1, 0.15) is 10.2 Å². The van der Waals surface area contributed by atoms with E-state index in [1.54, 1.807) is 26.4 Å². The Morgan fingerprint density at radius 1 is 1.03 bits per heavy atom. The lowest BCUT2D eigenvalue weighted by atomic mass is 10.1. The van der Waals surface area contributed by atoms with Crippen LogP contribution in [-0.4, -0.2) is 65.5 Å². The highest BCUT2D eigenvalue weighted by atomic mass is 35.5. The van der Waals surface area contributed by atoms with Crippen LogP contribution in [0.15, 0.2) is 42.5 Å². The number of alkyl halides is 2. The van der Waals surface area contributed by atoms with Gasteiger partial charge in [0.25, 0.3) is 0 Å². The number of hydrogen-bond donors (Lipinski definition) is 1. The second-order valence-electron chi connectivity index (χ2n) is 8.49. The molecule has 0 radical (unpaired) electrons. The number of ether oxygens (including phenoxy) is 2. The Bertz CT molecular complexity index is 1230. The van der Waals surface area contributed by atoms with Crippen LogP contribution in [0.5, 0.6) is 11.5 Å². The zero-order valence-corrected chi connectivity index (χ0v) is 20.4. The summed E-state index contributed by atoms with van der Waals surface area (Å²) >= 11 is 13.0. The average molecular weight is 502 g/mol. The Balaban J connectivity index is 1.30. The molecule has 1 saturated heterocycles. The van der Waals surface area contributed by atoms with E-state index in [9.17, 15) is 4.79 Å². The lowest BCUT2D eigenvalue weighted by molar-refractivity contribution is -0.133. The maximum Gasteiger partial charge on any atom is 0.229 e. The zero-order chi connectivity index (χ0) is 24.0. The van der Waals surface area contributed by atoms with Crippen LogP contribution in [0.3, 0.4) is 0 Å². The van der Waals surface area contributed by atoms with Crippen molar-refractivity contribution in [3.05, 3.63) is 48.0 Å². The van der Waals surface area contributed by atoms with Crippen molar-refractivity contribution in [3.8, 4) is 11.5 Å². The van der Waals surface area contributed by atoms with E-state index >= 15 is 0 Å². The van der Waals surface area contributed by atoms with E-state index in [-0.39, 0.29) is 11.8 Å². The molecule has 10 heteroatoms. The van der Waals surface area contributed by atoms with Crippen molar-refractivity contribution in [2.24, 2.45) is 5.92 Å². The molecule has 2 atom stereocenters. The molecule has 1 amide bonds. The average Bonchev–Trinajstić information content (AvgIpc) is 3.44. The first-order valence-corrected chi connectivity index (χ1v) is 11.8. The van der Waals surface area contributed by atoms with E-state index in [0.29, 0.717) is 60.3 Å². The number of aromatic nitrogens is 2. The molecular weight excluding hydrogens is 477 g/mol. The highest BCUT2D eigenvalue weighted by molar-refractivity contribution is 6.53. The molecule has 3 aromatic rings. The normalized spacial score (nSPS) is 21.4. The number of rotatable bonds is 5. The number of benzene rings is 2. The van der Waals surface area contributed by atoms with Gasteiger partial charge >= 0.3 is 0 Å². The first-order chi connectivity index (χ1) is 16.3. The lowest BCUT2D eigenvalue weighted by Gasteiger charge is -2.35. The van der Waals surface area contributed by atoms with Gasteiger partial charge in [-0.15, -0.1) is 23.2 Å². The molecule has 0 spiro atoms. The van der Waals surface area contributed by atoms with Gasteiger partial charge in [-0.25, -0.2) is 4.98 Å². The number of methoxy groups -OCH3 is 2. The van der Waals surface area contributed by atoms with Gasteiger partial charge < -0.3 is 25.0 Å². The predicted molar refractivity (Wildman–Crippen MR) is 133 cm³/mol. The van der Waals surface area contributed by atoms with Gasteiger partial charge in [0, 0.05) is 43.5 Å². The number of carbonyl (C=O) groups is 1. The van der Waals surface area contributed by atoms with E-state index in [0.717, 1.165) is 5.56 Å². The van der Waals surface area contributed by atoms with E-state index in [4.69, 9.17) is 38.4 Å². The Morgan fingerprint density at radius 2 is 1.68 bits per heavy atom. The van der Waals surface area contributed by atoms with Crippen LogP contribution in [0.1, 0.15) is 11.5 Å². The Labute approximate surface area is 207 Å². The molecule has 2 aliphatic rings. The van der Waals surface area contributed by atoms with Gasteiger partial charge in [-0.05, 0) is 11.6 Å². The van der Waals surface area contributed by atoms with Gasteiger partial charge in [-0.1, -0.05) is 30.3 Å². The van der Waals surface area contributed by atoms with Crippen molar-refractivity contribution >= 4 is 51.8 Å². The third-order valence-electron chi connectivity index (χ3n) is 6.57. The fraction of sp³-hybridized carbons (Fsp3) is 0.375. The number of nitrogens with two attached hydrogens (primary N) is 1. The van der Waals surface area contributed by atoms with Crippen molar-refractivity contribution in [3.63, 3.8) is 0 Å². The summed E-state index contributed by atoms with van der Waals surface area (Å²) in [5.74, 6) is 1.34. The second kappa shape index (κ2) is 8.67. The van der Waals surface area contributed by atoms with Crippen LogP contribution in [0.25, 0.3) is 10.9 Å². The third kappa shape index (κ3) is 3.84. The van der Waals surface area contributed by atoms with Gasteiger partial charge in [0.05, 0.1) is 25.7 Å². The molecule has 2 fully saturated rings. The minimum absolute atomic E-state index is 0.0192. The zero-order valence-electron chi connectivity index (χ0n) is 18.9. The fourth-order valence-corrected chi connectivity index (χ4v) is 5.46.